The number of nitrogens with zero attached hydrogens (tertiary/aromatic N) is 3. The number of carbonyl (C=O) groups excluding carboxylic acids is 1. The Morgan fingerprint density at radius 3 is 2.60 bits per heavy atom. The molecule has 7 heteroatoms. The highest BCUT2D eigenvalue weighted by Gasteiger charge is 2.19. The van der Waals surface area contributed by atoms with Crippen LogP contribution in [0.4, 0.5) is 11.6 Å². The van der Waals surface area contributed by atoms with Crippen molar-refractivity contribution in [3.63, 3.8) is 0 Å². The van der Waals surface area contributed by atoms with Crippen LogP contribution in [0.2, 0.25) is 0 Å². The Bertz CT molecular complexity index is 1520. The van der Waals surface area contributed by atoms with E-state index >= 15 is 0 Å². The lowest BCUT2D eigenvalue weighted by Gasteiger charge is -2.26. The second-order valence-corrected chi connectivity index (χ2v) is 11.7. The van der Waals surface area contributed by atoms with Gasteiger partial charge in [0.2, 0.25) is 5.95 Å². The van der Waals surface area contributed by atoms with Crippen LogP contribution in [-0.4, -0.2) is 47.0 Å². The topological polar surface area (TPSA) is 93.4 Å². The number of likely N-dealkylation sites (tertiary alicyclic amines) is 1. The summed E-state index contributed by atoms with van der Waals surface area (Å²) in [6, 6.07) is 17.9. The van der Waals surface area contributed by atoms with Gasteiger partial charge in [0.25, 0.3) is 5.91 Å². The van der Waals surface area contributed by atoms with Crippen LogP contribution in [0, 0.1) is 6.92 Å². The highest BCUT2D eigenvalue weighted by atomic mass is 16.5. The minimum absolute atomic E-state index is 0.0622. The fourth-order valence-corrected chi connectivity index (χ4v) is 5.17. The van der Waals surface area contributed by atoms with Crippen LogP contribution < -0.4 is 15.8 Å². The van der Waals surface area contributed by atoms with E-state index in [9.17, 15) is 4.79 Å². The first-order valence-electron chi connectivity index (χ1n) is 14.1. The highest BCUT2D eigenvalue weighted by molar-refractivity contribution is 6.06. The highest BCUT2D eigenvalue weighted by Crippen LogP contribution is 2.33. The zero-order chi connectivity index (χ0) is 28.3. The van der Waals surface area contributed by atoms with Crippen molar-refractivity contribution in [2.45, 2.75) is 52.4 Å². The molecule has 4 aromatic rings. The number of aryl methyl sites for hydroxylation is 1. The molecule has 0 spiro atoms. The monoisotopic (exact) mass is 537 g/mol. The molecule has 0 aliphatic carbocycles. The first kappa shape index (κ1) is 27.6. The van der Waals surface area contributed by atoms with Gasteiger partial charge in [0, 0.05) is 23.7 Å². The maximum atomic E-state index is 13.6. The van der Waals surface area contributed by atoms with E-state index in [2.05, 4.69) is 47.0 Å². The van der Waals surface area contributed by atoms with Gasteiger partial charge in [-0.2, -0.15) is 0 Å². The quantitative estimate of drug-likeness (QED) is 0.276. The lowest BCUT2D eigenvalue weighted by Crippen LogP contribution is -2.33. The van der Waals surface area contributed by atoms with Gasteiger partial charge >= 0.3 is 0 Å². The number of nitrogen functional groups attached to an aromatic ring is 1. The van der Waals surface area contributed by atoms with Gasteiger partial charge in [-0.3, -0.25) is 9.69 Å². The lowest BCUT2D eigenvalue weighted by molar-refractivity contribution is 0.102. The molecule has 2 heterocycles. The maximum absolute atomic E-state index is 13.6. The van der Waals surface area contributed by atoms with Crippen LogP contribution in [0.1, 0.15) is 61.5 Å². The molecule has 3 aromatic carbocycles. The fraction of sp³-hybridized carbons (Fsp3) is 0.364. The molecule has 0 saturated carbocycles. The van der Waals surface area contributed by atoms with Crippen molar-refractivity contribution in [2.24, 2.45) is 0 Å². The Kier molecular flexibility index (Phi) is 8.03. The van der Waals surface area contributed by atoms with E-state index < -0.39 is 0 Å². The number of benzene rings is 3. The Morgan fingerprint density at radius 1 is 1.02 bits per heavy atom. The van der Waals surface area contributed by atoms with Gasteiger partial charge in [-0.25, -0.2) is 9.97 Å². The minimum atomic E-state index is -0.176. The van der Waals surface area contributed by atoms with Gasteiger partial charge in [-0.15, -0.1) is 0 Å². The summed E-state index contributed by atoms with van der Waals surface area (Å²) >= 11 is 0. The molecule has 1 aliphatic heterocycles. The predicted octanol–water partition coefficient (Wildman–Crippen LogP) is 6.60. The van der Waals surface area contributed by atoms with Crippen molar-refractivity contribution in [3.8, 4) is 16.9 Å². The largest absolute Gasteiger partial charge is 0.490 e. The van der Waals surface area contributed by atoms with Crippen LogP contribution in [-0.2, 0) is 5.41 Å². The van der Waals surface area contributed by atoms with Crippen molar-refractivity contribution < 1.29 is 9.53 Å². The average molecular weight is 538 g/mol. The second-order valence-electron chi connectivity index (χ2n) is 11.7. The molecule has 7 nitrogen and oxygen atoms in total. The molecule has 5 rings (SSSR count). The molecule has 0 atom stereocenters. The molecule has 1 fully saturated rings. The molecule has 1 amide bonds. The second kappa shape index (κ2) is 11.6. The molecule has 0 unspecified atom stereocenters. The third kappa shape index (κ3) is 6.42. The van der Waals surface area contributed by atoms with E-state index in [1.807, 2.05) is 55.5 Å². The number of hydrogen-bond acceptors (Lipinski definition) is 6. The summed E-state index contributed by atoms with van der Waals surface area (Å²) < 4.78 is 6.23. The zero-order valence-corrected chi connectivity index (χ0v) is 24.0. The van der Waals surface area contributed by atoms with Gasteiger partial charge in [0.1, 0.15) is 12.4 Å². The van der Waals surface area contributed by atoms with E-state index in [-0.39, 0.29) is 17.3 Å². The van der Waals surface area contributed by atoms with Gasteiger partial charge in [0.15, 0.2) is 0 Å². The summed E-state index contributed by atoms with van der Waals surface area (Å²) in [4.78, 5) is 24.5. The normalized spacial score (nSPS) is 14.3. The number of anilines is 2. The number of piperidine rings is 1. The number of hydrogen-bond donors (Lipinski definition) is 2. The SMILES string of the molecule is Cc1ccc(C(=O)Nc2cc(C(C)(C)C)ccc2OCCN2CCCCC2)cc1-c1ccc2nc(N)ncc2c1. The fourth-order valence-electron chi connectivity index (χ4n) is 5.17. The molecule has 0 radical (unpaired) electrons. The Hall–Kier alpha value is -3.97. The number of nitrogens with two attached hydrogens (primary N) is 1. The number of rotatable bonds is 7. The smallest absolute Gasteiger partial charge is 0.255 e. The number of amides is 1. The molecule has 1 aliphatic rings. The molecule has 1 saturated heterocycles. The molecule has 0 bridgehead atoms. The number of nitrogens with one attached hydrogen (secondary N) is 1. The van der Waals surface area contributed by atoms with Crippen molar-refractivity contribution in [1.82, 2.24) is 14.9 Å². The number of ether oxygens (including phenoxy) is 1. The first-order valence-corrected chi connectivity index (χ1v) is 14.1. The van der Waals surface area contributed by atoms with E-state index in [0.717, 1.165) is 52.8 Å². The van der Waals surface area contributed by atoms with Crippen LogP contribution in [0.15, 0.2) is 60.8 Å². The predicted molar refractivity (Wildman–Crippen MR) is 163 cm³/mol. The van der Waals surface area contributed by atoms with Crippen LogP contribution >= 0.6 is 0 Å². The number of fused-ring (bicyclic) bond motifs is 1. The molecular weight excluding hydrogens is 498 g/mol. The van der Waals surface area contributed by atoms with Crippen molar-refractivity contribution in [2.75, 3.05) is 37.3 Å². The van der Waals surface area contributed by atoms with Crippen LogP contribution in [0.3, 0.4) is 0 Å². The third-order valence-electron chi connectivity index (χ3n) is 7.62. The molecule has 1 aromatic heterocycles. The van der Waals surface area contributed by atoms with Gasteiger partial charge in [0.05, 0.1) is 11.2 Å². The third-order valence-corrected chi connectivity index (χ3v) is 7.62. The Morgan fingerprint density at radius 2 is 1.82 bits per heavy atom. The van der Waals surface area contributed by atoms with Crippen LogP contribution in [0.25, 0.3) is 22.0 Å². The number of aromatic nitrogens is 2. The Balaban J connectivity index is 1.39. The van der Waals surface area contributed by atoms with Gasteiger partial charge < -0.3 is 15.8 Å². The summed E-state index contributed by atoms with van der Waals surface area (Å²) in [5, 5.41) is 4.05. The molecular formula is C33H39N5O2. The van der Waals surface area contributed by atoms with Crippen molar-refractivity contribution in [3.05, 3.63) is 77.5 Å². The van der Waals surface area contributed by atoms with Crippen molar-refractivity contribution in [1.29, 1.82) is 0 Å². The minimum Gasteiger partial charge on any atom is -0.490 e. The van der Waals surface area contributed by atoms with E-state index in [0.29, 0.717) is 23.6 Å². The average Bonchev–Trinajstić information content (AvgIpc) is 2.93. The standard InChI is InChI=1S/C33H39N5O2/c1-22-8-9-24(19-27(22)23-10-12-28-25(18-23)21-35-32(34)37-28)31(39)36-29-20-26(33(2,3)4)11-13-30(29)40-17-16-38-14-6-5-7-15-38/h8-13,18-21H,5-7,14-17H2,1-4H3,(H,36,39)(H2,34,35,37). The van der Waals surface area contributed by atoms with Gasteiger partial charge in [-0.05, 0) is 96.9 Å². The molecule has 208 valence electrons. The van der Waals surface area contributed by atoms with E-state index in [4.69, 9.17) is 10.5 Å². The van der Waals surface area contributed by atoms with Crippen molar-refractivity contribution >= 4 is 28.4 Å². The first-order chi connectivity index (χ1) is 19.2. The maximum Gasteiger partial charge on any atom is 0.255 e. The van der Waals surface area contributed by atoms with E-state index in [1.165, 1.54) is 19.3 Å². The molecule has 40 heavy (non-hydrogen) atoms. The lowest BCUT2D eigenvalue weighted by atomic mass is 9.87. The number of carbonyl (C=O) groups is 1. The summed E-state index contributed by atoms with van der Waals surface area (Å²) in [6.07, 6.45) is 5.54. The van der Waals surface area contributed by atoms with E-state index in [1.54, 1.807) is 6.20 Å². The summed E-state index contributed by atoms with van der Waals surface area (Å²) in [6.45, 7) is 12.3. The zero-order valence-electron chi connectivity index (χ0n) is 24.0. The molecule has 3 N–H and O–H groups in total. The van der Waals surface area contributed by atoms with Crippen LogP contribution in [0.5, 0.6) is 5.75 Å². The Labute approximate surface area is 236 Å². The van der Waals surface area contributed by atoms with Gasteiger partial charge in [-0.1, -0.05) is 45.4 Å². The summed E-state index contributed by atoms with van der Waals surface area (Å²) in [5.74, 6) is 0.769. The summed E-state index contributed by atoms with van der Waals surface area (Å²) in [5.41, 5.74) is 11.9. The summed E-state index contributed by atoms with van der Waals surface area (Å²) in [7, 11) is 0.